The van der Waals surface area contributed by atoms with E-state index in [1.165, 1.54) is 11.9 Å². The number of H-pyrrole nitrogens is 1. The molecule has 0 unspecified atom stereocenters. The molecule has 0 saturated heterocycles. The first-order chi connectivity index (χ1) is 9.36. The molecule has 0 radical (unpaired) electrons. The number of nitrogens with one attached hydrogen (secondary N) is 2. The number of anilines is 2. The van der Waals surface area contributed by atoms with Crippen LogP contribution < -0.4 is 5.32 Å². The molecule has 0 spiro atoms. The van der Waals surface area contributed by atoms with Crippen molar-refractivity contribution >= 4 is 34.3 Å². The van der Waals surface area contributed by atoms with Gasteiger partial charge in [-0.25, -0.2) is 15.0 Å². The van der Waals surface area contributed by atoms with Gasteiger partial charge >= 0.3 is 0 Å². The molecule has 96 valence electrons. The number of halogens is 1. The Bertz CT molecular complexity index is 677. The second kappa shape index (κ2) is 5.24. The zero-order valence-electron chi connectivity index (χ0n) is 10.1. The average Bonchev–Trinajstić information content (AvgIpc) is 2.91. The Morgan fingerprint density at radius 2 is 1.95 bits per heavy atom. The molecule has 2 aromatic heterocycles. The van der Waals surface area contributed by atoms with Crippen molar-refractivity contribution in [1.29, 1.82) is 0 Å². The van der Waals surface area contributed by atoms with Gasteiger partial charge in [-0.2, -0.15) is 0 Å². The molecule has 5 nitrogen and oxygen atoms in total. The van der Waals surface area contributed by atoms with E-state index in [1.807, 2.05) is 12.1 Å². The molecule has 0 fully saturated rings. The van der Waals surface area contributed by atoms with Crippen molar-refractivity contribution in [2.24, 2.45) is 0 Å². The fourth-order valence-electron chi connectivity index (χ4n) is 1.86. The van der Waals surface area contributed by atoms with Crippen molar-refractivity contribution in [2.75, 3.05) is 11.2 Å². The topological polar surface area (TPSA) is 66.5 Å². The summed E-state index contributed by atoms with van der Waals surface area (Å²) in [7, 11) is 0. The van der Waals surface area contributed by atoms with E-state index in [4.69, 9.17) is 11.6 Å². The summed E-state index contributed by atoms with van der Waals surface area (Å²) in [5.41, 5.74) is 3.63. The van der Waals surface area contributed by atoms with Crippen molar-refractivity contribution < 1.29 is 0 Å². The maximum absolute atomic E-state index is 5.71. The van der Waals surface area contributed by atoms with E-state index < -0.39 is 0 Å². The molecule has 0 atom stereocenters. The van der Waals surface area contributed by atoms with E-state index in [0.717, 1.165) is 17.6 Å². The van der Waals surface area contributed by atoms with Gasteiger partial charge < -0.3 is 10.3 Å². The summed E-state index contributed by atoms with van der Waals surface area (Å²) in [5.74, 6) is 1.35. The molecule has 3 aromatic rings. The number of hydrogen-bond acceptors (Lipinski definition) is 4. The summed E-state index contributed by atoms with van der Waals surface area (Å²) >= 11 is 5.71. The van der Waals surface area contributed by atoms with Gasteiger partial charge in [0, 0.05) is 11.6 Å². The lowest BCUT2D eigenvalue weighted by Crippen LogP contribution is -1.96. The number of rotatable bonds is 4. The Labute approximate surface area is 115 Å². The van der Waals surface area contributed by atoms with Crippen molar-refractivity contribution in [3.05, 3.63) is 42.5 Å². The number of aromatic nitrogens is 4. The van der Waals surface area contributed by atoms with E-state index in [-0.39, 0.29) is 0 Å². The minimum absolute atomic E-state index is 0.632. The molecule has 6 heteroatoms. The summed E-state index contributed by atoms with van der Waals surface area (Å²) in [5, 5.41) is 3.25. The van der Waals surface area contributed by atoms with Crippen molar-refractivity contribution in [3.8, 4) is 0 Å². The third-order valence-electron chi connectivity index (χ3n) is 2.82. The van der Waals surface area contributed by atoms with Gasteiger partial charge in [0.15, 0.2) is 11.5 Å². The Hall–Kier alpha value is -2.14. The van der Waals surface area contributed by atoms with Crippen LogP contribution >= 0.6 is 11.6 Å². The Morgan fingerprint density at radius 3 is 2.74 bits per heavy atom. The predicted octanol–water partition coefficient (Wildman–Crippen LogP) is 2.88. The second-order valence-electron chi connectivity index (χ2n) is 4.08. The summed E-state index contributed by atoms with van der Waals surface area (Å²) in [6.45, 7) is 0. The van der Waals surface area contributed by atoms with Crippen LogP contribution in [0, 0.1) is 0 Å². The van der Waals surface area contributed by atoms with Crippen molar-refractivity contribution in [2.45, 2.75) is 6.42 Å². The summed E-state index contributed by atoms with van der Waals surface area (Å²) in [6.07, 6.45) is 3.97. The highest BCUT2D eigenvalue weighted by Gasteiger charge is 2.05. The number of alkyl halides is 1. The molecular weight excluding hydrogens is 262 g/mol. The summed E-state index contributed by atoms with van der Waals surface area (Å²) < 4.78 is 0. The van der Waals surface area contributed by atoms with Crippen LogP contribution in [-0.4, -0.2) is 25.8 Å². The van der Waals surface area contributed by atoms with Crippen LogP contribution in [0.4, 0.5) is 11.5 Å². The maximum Gasteiger partial charge on any atom is 0.182 e. The zero-order valence-corrected chi connectivity index (χ0v) is 10.9. The van der Waals surface area contributed by atoms with Gasteiger partial charge in [0.25, 0.3) is 0 Å². The number of aromatic amines is 1. The molecule has 0 aliphatic carbocycles. The SMILES string of the molecule is ClCCc1ccc(Nc2ncnc3nc[nH]c23)cc1. The highest BCUT2D eigenvalue weighted by atomic mass is 35.5. The molecule has 0 bridgehead atoms. The number of benzene rings is 1. The molecule has 1 aromatic carbocycles. The molecule has 0 amide bonds. The number of nitrogens with zero attached hydrogens (tertiary/aromatic N) is 3. The minimum atomic E-state index is 0.632. The van der Waals surface area contributed by atoms with Gasteiger partial charge in [0.1, 0.15) is 11.8 Å². The van der Waals surface area contributed by atoms with E-state index in [1.54, 1.807) is 6.33 Å². The summed E-state index contributed by atoms with van der Waals surface area (Å²) in [4.78, 5) is 15.4. The molecule has 2 heterocycles. The number of imidazole rings is 1. The standard InChI is InChI=1S/C13H12ClN5/c14-6-5-9-1-3-10(4-2-9)19-13-11-12(16-7-15-11)17-8-18-13/h1-4,7-8H,5-6H2,(H2,15,16,17,18,19). The predicted molar refractivity (Wildman–Crippen MR) is 75.8 cm³/mol. The first-order valence-electron chi connectivity index (χ1n) is 5.93. The Morgan fingerprint density at radius 1 is 1.11 bits per heavy atom. The minimum Gasteiger partial charge on any atom is -0.340 e. The second-order valence-corrected chi connectivity index (χ2v) is 4.46. The monoisotopic (exact) mass is 273 g/mol. The van der Waals surface area contributed by atoms with Crippen molar-refractivity contribution in [3.63, 3.8) is 0 Å². The summed E-state index contributed by atoms with van der Waals surface area (Å²) in [6, 6.07) is 8.12. The molecular formula is C13H12ClN5. The largest absolute Gasteiger partial charge is 0.340 e. The molecule has 19 heavy (non-hydrogen) atoms. The van der Waals surface area contributed by atoms with Crippen LogP contribution in [0.1, 0.15) is 5.56 Å². The number of aryl methyl sites for hydroxylation is 1. The van der Waals surface area contributed by atoms with Gasteiger partial charge in [-0.05, 0) is 24.1 Å². The van der Waals surface area contributed by atoms with E-state index in [0.29, 0.717) is 17.3 Å². The van der Waals surface area contributed by atoms with Crippen LogP contribution in [0.15, 0.2) is 36.9 Å². The first kappa shape index (κ1) is 11.9. The van der Waals surface area contributed by atoms with E-state index in [2.05, 4.69) is 37.4 Å². The van der Waals surface area contributed by atoms with Gasteiger partial charge in [-0.15, -0.1) is 11.6 Å². The third kappa shape index (κ3) is 2.51. The van der Waals surface area contributed by atoms with Crippen LogP contribution in [-0.2, 0) is 6.42 Å². The van der Waals surface area contributed by atoms with Gasteiger partial charge in [-0.3, -0.25) is 0 Å². The molecule has 0 aliphatic rings. The van der Waals surface area contributed by atoms with Gasteiger partial charge in [-0.1, -0.05) is 12.1 Å². The van der Waals surface area contributed by atoms with Crippen LogP contribution in [0.2, 0.25) is 0 Å². The lowest BCUT2D eigenvalue weighted by atomic mass is 10.1. The molecule has 0 saturated carbocycles. The lowest BCUT2D eigenvalue weighted by Gasteiger charge is -2.06. The number of fused-ring (bicyclic) bond motifs is 1. The number of hydrogen-bond donors (Lipinski definition) is 2. The third-order valence-corrected chi connectivity index (χ3v) is 3.01. The first-order valence-corrected chi connectivity index (χ1v) is 6.46. The Balaban J connectivity index is 1.86. The van der Waals surface area contributed by atoms with Gasteiger partial charge in [0.05, 0.1) is 6.33 Å². The highest BCUT2D eigenvalue weighted by molar-refractivity contribution is 6.17. The van der Waals surface area contributed by atoms with E-state index >= 15 is 0 Å². The molecule has 0 aliphatic heterocycles. The van der Waals surface area contributed by atoms with Crippen LogP contribution in [0.25, 0.3) is 11.2 Å². The molecule has 2 N–H and O–H groups in total. The van der Waals surface area contributed by atoms with E-state index in [9.17, 15) is 0 Å². The highest BCUT2D eigenvalue weighted by Crippen LogP contribution is 2.20. The maximum atomic E-state index is 5.71. The van der Waals surface area contributed by atoms with Crippen LogP contribution in [0.5, 0.6) is 0 Å². The lowest BCUT2D eigenvalue weighted by molar-refractivity contribution is 1.15. The zero-order chi connectivity index (χ0) is 13.1. The average molecular weight is 274 g/mol. The van der Waals surface area contributed by atoms with Gasteiger partial charge in [0.2, 0.25) is 0 Å². The normalized spacial score (nSPS) is 10.8. The van der Waals surface area contributed by atoms with Crippen molar-refractivity contribution in [1.82, 2.24) is 19.9 Å². The Kier molecular flexibility index (Phi) is 3.29. The van der Waals surface area contributed by atoms with Crippen LogP contribution in [0.3, 0.4) is 0 Å². The smallest absolute Gasteiger partial charge is 0.182 e. The fourth-order valence-corrected chi connectivity index (χ4v) is 2.08. The fraction of sp³-hybridized carbons (Fsp3) is 0.154. The molecule has 3 rings (SSSR count). The quantitative estimate of drug-likeness (QED) is 0.718.